The minimum Gasteiger partial charge on any atom is -0.493 e. The van der Waals surface area contributed by atoms with Crippen LogP contribution in [-0.2, 0) is 11.2 Å². The Labute approximate surface area is 208 Å². The summed E-state index contributed by atoms with van der Waals surface area (Å²) in [6, 6.07) is 21.1. The van der Waals surface area contributed by atoms with E-state index in [1.54, 1.807) is 18.4 Å². The maximum Gasteiger partial charge on any atom is 0.224 e. The van der Waals surface area contributed by atoms with Gasteiger partial charge in [0.15, 0.2) is 11.5 Å². The minimum atomic E-state index is -0.0423. The lowest BCUT2D eigenvalue weighted by molar-refractivity contribution is -0.116. The molecule has 174 valence electrons. The first kappa shape index (κ1) is 23.8. The lowest BCUT2D eigenvalue weighted by Crippen LogP contribution is -2.12. The molecule has 0 aliphatic carbocycles. The molecule has 1 amide bonds. The predicted molar refractivity (Wildman–Crippen MR) is 139 cm³/mol. The molecule has 0 bridgehead atoms. The summed E-state index contributed by atoms with van der Waals surface area (Å²) in [7, 11) is 1.61. The molecule has 0 fully saturated rings. The van der Waals surface area contributed by atoms with Gasteiger partial charge in [0.05, 0.1) is 19.4 Å². The fraction of sp³-hybridized carbons (Fsp3) is 0.185. The second-order valence-corrected chi connectivity index (χ2v) is 8.88. The van der Waals surface area contributed by atoms with Crippen molar-refractivity contribution in [3.63, 3.8) is 0 Å². The van der Waals surface area contributed by atoms with Gasteiger partial charge in [-0.1, -0.05) is 41.9 Å². The molecule has 1 aromatic heterocycles. The topological polar surface area (TPSA) is 60.5 Å². The molecule has 0 aliphatic heterocycles. The molecular formula is C27H25ClN2O3S. The summed E-state index contributed by atoms with van der Waals surface area (Å²) in [5.41, 5.74) is 4.71. The molecule has 0 spiro atoms. The fourth-order valence-electron chi connectivity index (χ4n) is 3.48. The van der Waals surface area contributed by atoms with Gasteiger partial charge >= 0.3 is 0 Å². The highest BCUT2D eigenvalue weighted by molar-refractivity contribution is 7.13. The van der Waals surface area contributed by atoms with Crippen LogP contribution in [0.1, 0.15) is 18.9 Å². The number of aryl methyl sites for hydroxylation is 1. The van der Waals surface area contributed by atoms with Crippen LogP contribution in [0.3, 0.4) is 0 Å². The van der Waals surface area contributed by atoms with E-state index in [1.165, 1.54) is 0 Å². The number of ether oxygens (including phenoxy) is 2. The van der Waals surface area contributed by atoms with Crippen molar-refractivity contribution in [1.29, 1.82) is 0 Å². The second-order valence-electron chi connectivity index (χ2n) is 7.59. The Kier molecular flexibility index (Phi) is 7.83. The molecule has 3 aromatic carbocycles. The van der Waals surface area contributed by atoms with Gasteiger partial charge in [-0.2, -0.15) is 0 Å². The third-order valence-corrected chi connectivity index (χ3v) is 6.37. The first-order chi connectivity index (χ1) is 16.6. The number of amides is 1. The van der Waals surface area contributed by atoms with Gasteiger partial charge in [-0.15, -0.1) is 11.3 Å². The van der Waals surface area contributed by atoms with Gasteiger partial charge in [0.25, 0.3) is 0 Å². The van der Waals surface area contributed by atoms with Crippen molar-refractivity contribution in [2.24, 2.45) is 0 Å². The third kappa shape index (κ3) is 5.95. The van der Waals surface area contributed by atoms with Gasteiger partial charge in [0.2, 0.25) is 5.91 Å². The zero-order valence-electron chi connectivity index (χ0n) is 19.0. The average molecular weight is 493 g/mol. The molecule has 0 saturated carbocycles. The average Bonchev–Trinajstić information content (AvgIpc) is 3.35. The maximum atomic E-state index is 12.5. The highest BCUT2D eigenvalue weighted by atomic mass is 35.5. The molecule has 0 saturated heterocycles. The number of aromatic nitrogens is 1. The first-order valence-corrected chi connectivity index (χ1v) is 12.2. The highest BCUT2D eigenvalue weighted by Crippen LogP contribution is 2.31. The molecule has 4 rings (SSSR count). The van der Waals surface area contributed by atoms with Crippen LogP contribution in [-0.4, -0.2) is 24.6 Å². The maximum absolute atomic E-state index is 12.5. The van der Waals surface area contributed by atoms with Gasteiger partial charge in [-0.05, 0) is 55.3 Å². The highest BCUT2D eigenvalue weighted by Gasteiger charge is 2.10. The summed E-state index contributed by atoms with van der Waals surface area (Å²) >= 11 is 7.56. The van der Waals surface area contributed by atoms with E-state index in [4.69, 9.17) is 26.1 Å². The zero-order valence-corrected chi connectivity index (χ0v) is 20.6. The molecule has 4 aromatic rings. The summed E-state index contributed by atoms with van der Waals surface area (Å²) in [5, 5.41) is 6.64. The van der Waals surface area contributed by atoms with Crippen molar-refractivity contribution in [3.05, 3.63) is 82.7 Å². The van der Waals surface area contributed by atoms with Crippen LogP contribution < -0.4 is 14.8 Å². The predicted octanol–water partition coefficient (Wildman–Crippen LogP) is 7.11. The van der Waals surface area contributed by atoms with Gasteiger partial charge < -0.3 is 14.8 Å². The summed E-state index contributed by atoms with van der Waals surface area (Å²) in [6.45, 7) is 2.50. The molecule has 0 unspecified atom stereocenters. The SMILES string of the molecule is CCOc1ccc(CCC(=O)Nc2ccc(-c3csc(-c4ccc(Cl)cc4)n3)cc2)cc1OC. The molecule has 0 aliphatic rings. The van der Waals surface area contributed by atoms with Crippen molar-refractivity contribution in [3.8, 4) is 33.3 Å². The molecule has 1 N–H and O–H groups in total. The van der Waals surface area contributed by atoms with Crippen molar-refractivity contribution in [1.82, 2.24) is 4.98 Å². The van der Waals surface area contributed by atoms with E-state index in [-0.39, 0.29) is 5.91 Å². The molecule has 0 atom stereocenters. The number of rotatable bonds is 9. The van der Waals surface area contributed by atoms with Gasteiger partial charge in [0.1, 0.15) is 5.01 Å². The number of hydrogen-bond donors (Lipinski definition) is 1. The smallest absolute Gasteiger partial charge is 0.224 e. The Morgan fingerprint density at radius 3 is 2.44 bits per heavy atom. The van der Waals surface area contributed by atoms with Gasteiger partial charge in [-0.25, -0.2) is 4.98 Å². The normalized spacial score (nSPS) is 10.7. The van der Waals surface area contributed by atoms with Gasteiger partial charge in [0, 0.05) is 33.6 Å². The van der Waals surface area contributed by atoms with Crippen LogP contribution in [0, 0.1) is 0 Å². The number of carbonyl (C=O) groups is 1. The van der Waals surface area contributed by atoms with E-state index in [1.807, 2.05) is 79.0 Å². The number of halogens is 1. The molecule has 7 heteroatoms. The lowest BCUT2D eigenvalue weighted by atomic mass is 10.1. The number of benzene rings is 3. The minimum absolute atomic E-state index is 0.0423. The Bertz CT molecular complexity index is 1250. The van der Waals surface area contributed by atoms with Crippen LogP contribution in [0.5, 0.6) is 11.5 Å². The Morgan fingerprint density at radius 2 is 1.74 bits per heavy atom. The van der Waals surface area contributed by atoms with Crippen LogP contribution in [0.15, 0.2) is 72.1 Å². The first-order valence-electron chi connectivity index (χ1n) is 11.0. The van der Waals surface area contributed by atoms with E-state index in [2.05, 4.69) is 5.32 Å². The van der Waals surface area contributed by atoms with Crippen molar-refractivity contribution in [2.75, 3.05) is 19.0 Å². The van der Waals surface area contributed by atoms with E-state index in [9.17, 15) is 4.79 Å². The zero-order chi connectivity index (χ0) is 23.9. The summed E-state index contributed by atoms with van der Waals surface area (Å²) < 4.78 is 10.9. The standard InChI is InChI=1S/C27H25ClN2O3S/c1-3-33-24-14-4-18(16-25(24)32-2)5-15-26(31)29-22-12-8-19(9-13-22)23-17-34-27(30-23)20-6-10-21(28)11-7-20/h4,6-14,16-17H,3,5,15H2,1-2H3,(H,29,31). The van der Waals surface area contributed by atoms with E-state index in [0.717, 1.165) is 33.1 Å². The molecular weight excluding hydrogens is 468 g/mol. The van der Waals surface area contributed by atoms with Gasteiger partial charge in [-0.3, -0.25) is 4.79 Å². The van der Waals surface area contributed by atoms with E-state index in [0.29, 0.717) is 36.0 Å². The fourth-order valence-corrected chi connectivity index (χ4v) is 4.44. The second kappa shape index (κ2) is 11.2. The number of hydrogen-bond acceptors (Lipinski definition) is 5. The molecule has 5 nitrogen and oxygen atoms in total. The van der Waals surface area contributed by atoms with Crippen LogP contribution in [0.25, 0.3) is 21.8 Å². The van der Waals surface area contributed by atoms with Crippen molar-refractivity contribution >= 4 is 34.5 Å². The summed E-state index contributed by atoms with van der Waals surface area (Å²) in [4.78, 5) is 17.2. The molecule has 34 heavy (non-hydrogen) atoms. The Morgan fingerprint density at radius 1 is 1.00 bits per heavy atom. The molecule has 0 radical (unpaired) electrons. The quantitative estimate of drug-likeness (QED) is 0.270. The largest absolute Gasteiger partial charge is 0.493 e. The van der Waals surface area contributed by atoms with Crippen molar-refractivity contribution in [2.45, 2.75) is 19.8 Å². The van der Waals surface area contributed by atoms with E-state index >= 15 is 0 Å². The number of methoxy groups -OCH3 is 1. The Balaban J connectivity index is 1.34. The number of carbonyl (C=O) groups excluding carboxylic acids is 1. The molecule has 1 heterocycles. The van der Waals surface area contributed by atoms with E-state index < -0.39 is 0 Å². The third-order valence-electron chi connectivity index (χ3n) is 5.23. The lowest BCUT2D eigenvalue weighted by Gasteiger charge is -2.11. The monoisotopic (exact) mass is 492 g/mol. The number of anilines is 1. The number of thiazole rings is 1. The Hall–Kier alpha value is -3.35. The van der Waals surface area contributed by atoms with Crippen LogP contribution in [0.2, 0.25) is 5.02 Å². The van der Waals surface area contributed by atoms with Crippen LogP contribution >= 0.6 is 22.9 Å². The number of nitrogens with zero attached hydrogens (tertiary/aromatic N) is 1. The van der Waals surface area contributed by atoms with Crippen molar-refractivity contribution < 1.29 is 14.3 Å². The van der Waals surface area contributed by atoms with Crippen LogP contribution in [0.4, 0.5) is 5.69 Å². The summed E-state index contributed by atoms with van der Waals surface area (Å²) in [6.07, 6.45) is 0.981. The summed E-state index contributed by atoms with van der Waals surface area (Å²) in [5.74, 6) is 1.34. The number of nitrogens with one attached hydrogen (secondary N) is 1.